The van der Waals surface area contributed by atoms with E-state index in [0.717, 1.165) is 22.4 Å². The van der Waals surface area contributed by atoms with Crippen molar-refractivity contribution in [1.82, 2.24) is 41.3 Å². The van der Waals surface area contributed by atoms with E-state index in [0.29, 0.717) is 78.9 Å². The number of halogens is 1. The summed E-state index contributed by atoms with van der Waals surface area (Å²) in [5.74, 6) is -2.78. The first kappa shape index (κ1) is 70.6. The Morgan fingerprint density at radius 1 is 0.837 bits per heavy atom. The van der Waals surface area contributed by atoms with Gasteiger partial charge < -0.3 is 60.9 Å². The summed E-state index contributed by atoms with van der Waals surface area (Å²) in [6, 6.07) is 16.4. The van der Waals surface area contributed by atoms with E-state index < -0.39 is 53.2 Å². The van der Waals surface area contributed by atoms with Gasteiger partial charge in [-0.1, -0.05) is 74.9 Å². The van der Waals surface area contributed by atoms with Gasteiger partial charge in [-0.05, 0) is 112 Å². The maximum Gasteiger partial charge on any atom is 0.410 e. The van der Waals surface area contributed by atoms with Crippen molar-refractivity contribution < 1.29 is 67.2 Å². The molecule has 86 heavy (non-hydrogen) atoms. The molecule has 1 fully saturated rings. The number of allylic oxidation sites excluding steroid dienone is 2. The summed E-state index contributed by atoms with van der Waals surface area (Å²) in [5, 5.41) is 26.4. The number of likely N-dealkylation sites (N-methyl/N-ethyl adjacent to an activating group) is 1. The molecule has 3 aromatic rings. The van der Waals surface area contributed by atoms with Gasteiger partial charge in [0, 0.05) is 82.5 Å². The zero-order valence-corrected chi connectivity index (χ0v) is 51.4. The number of ether oxygens (including phenoxy) is 4. The Kier molecular flexibility index (Phi) is 30.3. The fourth-order valence-corrected chi connectivity index (χ4v) is 9.16. The van der Waals surface area contributed by atoms with Gasteiger partial charge in [0.05, 0.1) is 37.3 Å². The Morgan fingerprint density at radius 3 is 2.21 bits per heavy atom. The maximum atomic E-state index is 13.7. The van der Waals surface area contributed by atoms with Crippen molar-refractivity contribution in [2.75, 3.05) is 91.7 Å². The van der Waals surface area contributed by atoms with Crippen LogP contribution in [0.5, 0.6) is 11.5 Å². The number of piperazine rings is 1. The van der Waals surface area contributed by atoms with Crippen molar-refractivity contribution in [3.8, 4) is 11.5 Å². The zero-order valence-electron chi connectivity index (χ0n) is 50.7. The Bertz CT molecular complexity index is 2800. The second-order valence-corrected chi connectivity index (χ2v) is 22.3. The molecule has 0 aromatic heterocycles. The van der Waals surface area contributed by atoms with Crippen molar-refractivity contribution >= 4 is 71.2 Å². The third-order valence-electron chi connectivity index (χ3n) is 13.9. The molecule has 0 aliphatic carbocycles. The Balaban J connectivity index is 1.22. The van der Waals surface area contributed by atoms with Gasteiger partial charge in [0.1, 0.15) is 36.8 Å². The normalized spacial score (nSPS) is 13.8. The number of nitrogens with zero attached hydrogens (tertiary/aromatic N) is 3. The second kappa shape index (κ2) is 36.9. The predicted molar refractivity (Wildman–Crippen MR) is 325 cm³/mol. The van der Waals surface area contributed by atoms with Crippen LogP contribution in [-0.2, 0) is 67.4 Å². The number of imide groups is 1. The van der Waals surface area contributed by atoms with Crippen LogP contribution >= 0.6 is 11.6 Å². The van der Waals surface area contributed by atoms with E-state index in [1.807, 2.05) is 13.8 Å². The zero-order chi connectivity index (χ0) is 63.2. The SMILES string of the molecule is C/C=C\C(=O)N(C=O)CCC(=O)NCCOCCOc1cc(NC(=O)CNC)ccc1COC(=O)N1CCN(Cc2ccc(C(C)CC/C=C/C(=O)N[C@H](Cc3ccc(OC)c(Cl)c3)C(=O)NCC(C)(C)C(=O)NC(CC(C)C)C(=O)O)cc2)CC1. The number of hydrogen-bond donors (Lipinski definition) is 7. The third kappa shape index (κ3) is 25.0. The van der Waals surface area contributed by atoms with Crippen LogP contribution in [0.2, 0.25) is 5.02 Å². The quantitative estimate of drug-likeness (QED) is 0.0219. The summed E-state index contributed by atoms with van der Waals surface area (Å²) in [6.45, 7) is 14.0. The minimum Gasteiger partial charge on any atom is -0.495 e. The van der Waals surface area contributed by atoms with E-state index in [4.69, 9.17) is 30.5 Å². The van der Waals surface area contributed by atoms with Crippen LogP contribution in [0.15, 0.2) is 85.0 Å². The highest BCUT2D eigenvalue weighted by molar-refractivity contribution is 6.32. The highest BCUT2D eigenvalue weighted by atomic mass is 35.5. The van der Waals surface area contributed by atoms with Crippen molar-refractivity contribution in [2.24, 2.45) is 11.3 Å². The standard InChI is InChI=1S/C62H86ClN9O14/c1-9-12-57(77)72(41-73)25-23-54(74)65-24-30-84-31-32-85-53-36-48(67-56(76)37-64-7)21-20-47(53)39-86-61(82)71-28-26-70(27-29-71)38-44-15-18-46(19-16-44)43(4)13-10-11-14-55(75)68-50(35-45-17-22-52(83-8)49(63)34-45)58(78)66-40-62(5,6)60(81)69-51(59(79)80)33-42(2)3/h9,11-12,14-22,34,36,41-43,50-51,64H,10,13,23-33,35,37-40H2,1-8H3,(H,65,74)(H,66,78)(H,67,76)(H,68,75)(H,69,81)(H,79,80)/b12-9-,14-11+/t43?,50-,51?/m1/s1. The summed E-state index contributed by atoms with van der Waals surface area (Å²) >= 11 is 6.39. The van der Waals surface area contributed by atoms with E-state index in [9.17, 15) is 48.3 Å². The highest BCUT2D eigenvalue weighted by Gasteiger charge is 2.33. The largest absolute Gasteiger partial charge is 0.495 e. The number of anilines is 1. The summed E-state index contributed by atoms with van der Waals surface area (Å²) in [4.78, 5) is 118. The number of carboxylic acid groups (broad SMARTS) is 1. The molecular formula is C62H86ClN9O14. The molecule has 23 nitrogen and oxygen atoms in total. The van der Waals surface area contributed by atoms with Crippen molar-refractivity contribution in [1.29, 1.82) is 0 Å². The topological polar surface area (TPSA) is 293 Å². The van der Waals surface area contributed by atoms with Crippen molar-refractivity contribution in [2.45, 2.75) is 105 Å². The maximum absolute atomic E-state index is 13.7. The van der Waals surface area contributed by atoms with E-state index in [1.165, 1.54) is 25.3 Å². The predicted octanol–water partition coefficient (Wildman–Crippen LogP) is 5.35. The summed E-state index contributed by atoms with van der Waals surface area (Å²) in [7, 11) is 3.15. The molecule has 0 radical (unpaired) electrons. The third-order valence-corrected chi connectivity index (χ3v) is 14.2. The second-order valence-electron chi connectivity index (χ2n) is 21.9. The van der Waals surface area contributed by atoms with E-state index in [2.05, 4.69) is 68.0 Å². The van der Waals surface area contributed by atoms with Gasteiger partial charge in [0.2, 0.25) is 35.9 Å². The number of carbonyl (C=O) groups is 9. The molecule has 470 valence electrons. The van der Waals surface area contributed by atoms with Gasteiger partial charge in [-0.15, -0.1) is 0 Å². The number of hydrogen-bond acceptors (Lipinski definition) is 15. The summed E-state index contributed by atoms with van der Waals surface area (Å²) < 4.78 is 22.7. The Labute approximate surface area is 509 Å². The molecule has 0 bridgehead atoms. The monoisotopic (exact) mass is 1220 g/mol. The van der Waals surface area contributed by atoms with E-state index >= 15 is 0 Å². The molecule has 1 aliphatic rings. The first-order valence-corrected chi connectivity index (χ1v) is 29.2. The lowest BCUT2D eigenvalue weighted by atomic mass is 9.91. The number of amides is 8. The number of carboxylic acids is 1. The van der Waals surface area contributed by atoms with Gasteiger partial charge in [0.15, 0.2) is 0 Å². The fraction of sp³-hybridized carbons (Fsp3) is 0.500. The molecule has 0 spiro atoms. The van der Waals surface area contributed by atoms with Crippen molar-refractivity contribution in [3.05, 3.63) is 112 Å². The lowest BCUT2D eigenvalue weighted by Gasteiger charge is -2.34. The molecule has 2 unspecified atom stereocenters. The van der Waals surface area contributed by atoms with Crippen LogP contribution in [0.3, 0.4) is 0 Å². The molecule has 3 aromatic carbocycles. The van der Waals surface area contributed by atoms with Gasteiger partial charge in [-0.3, -0.25) is 43.4 Å². The van der Waals surface area contributed by atoms with Gasteiger partial charge in [0.25, 0.3) is 5.91 Å². The molecule has 1 aliphatic heterocycles. The molecule has 24 heteroatoms. The van der Waals surface area contributed by atoms with Gasteiger partial charge >= 0.3 is 12.1 Å². The van der Waals surface area contributed by atoms with Crippen molar-refractivity contribution in [3.63, 3.8) is 0 Å². The minimum atomic E-state index is -1.18. The number of carbonyl (C=O) groups excluding carboxylic acids is 8. The number of nitrogens with one attached hydrogen (secondary N) is 6. The lowest BCUT2D eigenvalue weighted by molar-refractivity contribution is -0.144. The number of methoxy groups -OCH3 is 1. The molecule has 3 atom stereocenters. The lowest BCUT2D eigenvalue weighted by Crippen LogP contribution is -2.53. The number of rotatable bonds is 36. The fourth-order valence-electron chi connectivity index (χ4n) is 8.88. The summed E-state index contributed by atoms with van der Waals surface area (Å²) in [6.07, 6.45) is 7.44. The average molecular weight is 1220 g/mol. The average Bonchev–Trinajstić information content (AvgIpc) is 3.23. The molecule has 1 heterocycles. The first-order chi connectivity index (χ1) is 41.0. The van der Waals surface area contributed by atoms with Crippen LogP contribution in [0.4, 0.5) is 10.5 Å². The summed E-state index contributed by atoms with van der Waals surface area (Å²) in [5.41, 5.74) is 2.80. The number of benzene rings is 3. The van der Waals surface area contributed by atoms with Gasteiger partial charge in [-0.25, -0.2) is 9.59 Å². The molecule has 7 N–H and O–H groups in total. The minimum absolute atomic E-state index is 0.0254. The Hall–Kier alpha value is -7.86. The number of aliphatic carboxylic acids is 1. The van der Waals surface area contributed by atoms with Crippen LogP contribution < -0.4 is 41.4 Å². The van der Waals surface area contributed by atoms with Crippen LogP contribution in [0.25, 0.3) is 0 Å². The molecule has 0 saturated carbocycles. The molecular weight excluding hydrogens is 1130 g/mol. The molecule has 8 amide bonds. The van der Waals surface area contributed by atoms with E-state index in [1.54, 1.807) is 75.2 Å². The first-order valence-electron chi connectivity index (χ1n) is 28.8. The smallest absolute Gasteiger partial charge is 0.410 e. The van der Waals surface area contributed by atoms with Gasteiger partial charge in [-0.2, -0.15) is 0 Å². The molecule has 1 saturated heterocycles. The van der Waals surface area contributed by atoms with Crippen LogP contribution in [0.1, 0.15) is 95.4 Å². The highest BCUT2D eigenvalue weighted by Crippen LogP contribution is 2.28. The Morgan fingerprint density at radius 2 is 1.56 bits per heavy atom. The van der Waals surface area contributed by atoms with Crippen LogP contribution in [-0.4, -0.2) is 172 Å². The molecule has 4 rings (SSSR count). The van der Waals surface area contributed by atoms with E-state index in [-0.39, 0.29) is 95.5 Å². The van der Waals surface area contributed by atoms with Crippen LogP contribution in [0, 0.1) is 11.3 Å².